The average molecular weight is 556 g/mol. The Kier molecular flexibility index (Phi) is 6.60. The fraction of sp³-hybridized carbons (Fsp3) is 0.320. The molecule has 0 saturated carbocycles. The van der Waals surface area contributed by atoms with Gasteiger partial charge in [-0.25, -0.2) is 8.42 Å². The molecule has 0 spiro atoms. The molecule has 0 radical (unpaired) electrons. The first-order chi connectivity index (χ1) is 18.4. The summed E-state index contributed by atoms with van der Waals surface area (Å²) in [5.74, 6) is 1.21. The molecule has 1 amide bonds. The van der Waals surface area contributed by atoms with Gasteiger partial charge in [-0.15, -0.1) is 10.2 Å². The summed E-state index contributed by atoms with van der Waals surface area (Å²) in [5.41, 5.74) is 3.02. The molecule has 1 saturated heterocycles. The Bertz CT molecular complexity index is 1630. The number of amides is 1. The topological polar surface area (TPSA) is 124 Å². The van der Waals surface area contributed by atoms with Crippen molar-refractivity contribution in [3.63, 3.8) is 0 Å². The van der Waals surface area contributed by atoms with Gasteiger partial charge in [0, 0.05) is 30.2 Å². The number of anilines is 1. The highest BCUT2D eigenvalue weighted by molar-refractivity contribution is 7.99. The van der Waals surface area contributed by atoms with Crippen LogP contribution in [0.15, 0.2) is 52.5 Å². The number of carbonyl (C=O) groups excluding carboxylic acids is 1. The van der Waals surface area contributed by atoms with Crippen molar-refractivity contribution in [1.82, 2.24) is 18.9 Å². The second-order valence-electron chi connectivity index (χ2n) is 8.90. The maximum absolute atomic E-state index is 12.8. The van der Waals surface area contributed by atoms with Gasteiger partial charge < -0.3 is 19.5 Å². The highest BCUT2D eigenvalue weighted by atomic mass is 32.2. The molecule has 13 heteroatoms. The minimum absolute atomic E-state index is 0.0919. The summed E-state index contributed by atoms with van der Waals surface area (Å²) in [6.07, 6.45) is 0. The number of hydrogen-bond acceptors (Lipinski definition) is 9. The van der Waals surface area contributed by atoms with Crippen LogP contribution >= 0.6 is 11.8 Å². The monoisotopic (exact) mass is 555 g/mol. The molecule has 1 N–H and O–H groups in total. The van der Waals surface area contributed by atoms with Gasteiger partial charge >= 0.3 is 0 Å². The smallest absolute Gasteiger partial charge is 0.243 e. The number of aryl methyl sites for hydroxylation is 1. The number of benzene rings is 2. The molecule has 2 aliphatic heterocycles. The largest absolute Gasteiger partial charge is 0.486 e. The van der Waals surface area contributed by atoms with Crippen LogP contribution < -0.4 is 14.8 Å². The Morgan fingerprint density at radius 3 is 2.45 bits per heavy atom. The zero-order chi connectivity index (χ0) is 26.3. The fourth-order valence-corrected chi connectivity index (χ4v) is 6.66. The number of carbonyl (C=O) groups is 1. The molecule has 0 atom stereocenters. The summed E-state index contributed by atoms with van der Waals surface area (Å²) >= 11 is 1.26. The summed E-state index contributed by atoms with van der Waals surface area (Å²) in [5, 5.41) is 13.0. The quantitative estimate of drug-likeness (QED) is 0.358. The van der Waals surface area contributed by atoms with Crippen molar-refractivity contribution >= 4 is 49.9 Å². The van der Waals surface area contributed by atoms with E-state index in [4.69, 9.17) is 14.2 Å². The Hall–Kier alpha value is -3.39. The van der Waals surface area contributed by atoms with Crippen LogP contribution in [-0.4, -0.2) is 78.5 Å². The van der Waals surface area contributed by atoms with E-state index in [0.29, 0.717) is 67.5 Å². The summed E-state index contributed by atoms with van der Waals surface area (Å²) in [7, 11) is -3.59. The number of nitrogens with zero attached hydrogens (tertiary/aromatic N) is 4. The molecule has 0 bridgehead atoms. The summed E-state index contributed by atoms with van der Waals surface area (Å²) in [4.78, 5) is 12.9. The van der Waals surface area contributed by atoms with E-state index < -0.39 is 10.0 Å². The third-order valence-corrected chi connectivity index (χ3v) is 9.21. The number of hydrogen-bond donors (Lipinski definition) is 1. The minimum atomic E-state index is -3.59. The average Bonchev–Trinajstić information content (AvgIpc) is 3.37. The molecule has 198 valence electrons. The zero-order valence-corrected chi connectivity index (χ0v) is 22.2. The molecule has 4 heterocycles. The van der Waals surface area contributed by atoms with Crippen LogP contribution in [0.4, 0.5) is 5.69 Å². The molecule has 2 aromatic heterocycles. The van der Waals surface area contributed by atoms with Crippen LogP contribution in [0.3, 0.4) is 0 Å². The zero-order valence-electron chi connectivity index (χ0n) is 20.5. The van der Waals surface area contributed by atoms with Gasteiger partial charge in [-0.1, -0.05) is 11.8 Å². The molecular formula is C25H25N5O6S2. The van der Waals surface area contributed by atoms with Crippen molar-refractivity contribution in [3.05, 3.63) is 48.0 Å². The van der Waals surface area contributed by atoms with Gasteiger partial charge in [0.05, 0.1) is 29.4 Å². The molecule has 2 aliphatic rings. The number of aromatic nitrogens is 3. The Balaban J connectivity index is 1.17. The van der Waals surface area contributed by atoms with E-state index in [2.05, 4.69) is 15.5 Å². The van der Waals surface area contributed by atoms with Crippen molar-refractivity contribution in [2.45, 2.75) is 17.0 Å². The number of sulfonamides is 1. The number of rotatable bonds is 6. The van der Waals surface area contributed by atoms with E-state index in [0.717, 1.165) is 16.5 Å². The summed E-state index contributed by atoms with van der Waals surface area (Å²) in [6, 6.07) is 12.1. The van der Waals surface area contributed by atoms with Crippen LogP contribution in [0.25, 0.3) is 16.6 Å². The van der Waals surface area contributed by atoms with Crippen molar-refractivity contribution < 1.29 is 27.4 Å². The van der Waals surface area contributed by atoms with Crippen molar-refractivity contribution in [3.8, 4) is 11.5 Å². The van der Waals surface area contributed by atoms with Crippen LogP contribution in [0, 0.1) is 6.92 Å². The van der Waals surface area contributed by atoms with Gasteiger partial charge in [0.2, 0.25) is 15.9 Å². The Morgan fingerprint density at radius 1 is 1.00 bits per heavy atom. The SMILES string of the molecule is Cc1cc2cc3c(cc2n2c(SCC(=O)Nc4ccc(S(=O)(=O)N5CCOCC5)cc4)nnc12)OCCO3. The Labute approximate surface area is 223 Å². The van der Waals surface area contributed by atoms with Crippen molar-refractivity contribution in [1.29, 1.82) is 0 Å². The summed E-state index contributed by atoms with van der Waals surface area (Å²) < 4.78 is 45.7. The normalized spacial score (nSPS) is 16.1. The van der Waals surface area contributed by atoms with E-state index in [1.807, 2.05) is 29.5 Å². The van der Waals surface area contributed by atoms with Crippen LogP contribution in [0.1, 0.15) is 5.56 Å². The lowest BCUT2D eigenvalue weighted by molar-refractivity contribution is -0.113. The van der Waals surface area contributed by atoms with Gasteiger partial charge in [0.25, 0.3) is 0 Å². The number of morpholine rings is 1. The second-order valence-corrected chi connectivity index (χ2v) is 11.8. The van der Waals surface area contributed by atoms with Gasteiger partial charge in [0.1, 0.15) is 13.2 Å². The molecule has 0 aliphatic carbocycles. The lowest BCUT2D eigenvalue weighted by Crippen LogP contribution is -2.40. The van der Waals surface area contributed by atoms with E-state index in [9.17, 15) is 13.2 Å². The maximum Gasteiger partial charge on any atom is 0.243 e. The summed E-state index contributed by atoms with van der Waals surface area (Å²) in [6.45, 7) is 4.37. The van der Waals surface area contributed by atoms with Crippen molar-refractivity contribution in [2.24, 2.45) is 0 Å². The van der Waals surface area contributed by atoms with Crippen molar-refractivity contribution in [2.75, 3.05) is 50.6 Å². The minimum Gasteiger partial charge on any atom is -0.486 e. The lowest BCUT2D eigenvalue weighted by Gasteiger charge is -2.26. The van der Waals surface area contributed by atoms with Gasteiger partial charge in [-0.2, -0.15) is 4.31 Å². The molecule has 6 rings (SSSR count). The highest BCUT2D eigenvalue weighted by Gasteiger charge is 2.26. The van der Waals surface area contributed by atoms with Crippen LogP contribution in [0.5, 0.6) is 11.5 Å². The fourth-order valence-electron chi connectivity index (χ4n) is 4.51. The molecule has 38 heavy (non-hydrogen) atoms. The van der Waals surface area contributed by atoms with Gasteiger partial charge in [0.15, 0.2) is 22.3 Å². The van der Waals surface area contributed by atoms with E-state index in [-0.39, 0.29) is 16.6 Å². The molecule has 1 fully saturated rings. The number of fused-ring (bicyclic) bond motifs is 4. The molecule has 2 aromatic carbocycles. The predicted molar refractivity (Wildman–Crippen MR) is 142 cm³/mol. The first kappa shape index (κ1) is 24.9. The first-order valence-corrected chi connectivity index (χ1v) is 14.5. The standard InChI is InChI=1S/C25H25N5O6S2/c1-16-12-17-13-21-22(36-11-10-35-21)14-20(17)30-24(16)27-28-25(30)37-15-23(31)26-18-2-4-19(5-3-18)38(32,33)29-6-8-34-9-7-29/h2-5,12-14H,6-11,15H2,1H3,(H,26,31). The Morgan fingerprint density at radius 2 is 1.71 bits per heavy atom. The van der Waals surface area contributed by atoms with E-state index in [1.165, 1.54) is 28.2 Å². The van der Waals surface area contributed by atoms with Gasteiger partial charge in [-0.3, -0.25) is 9.20 Å². The second kappa shape index (κ2) is 10.1. The molecule has 4 aromatic rings. The number of ether oxygens (including phenoxy) is 3. The molecular weight excluding hydrogens is 530 g/mol. The predicted octanol–water partition coefficient (Wildman–Crippen LogP) is 2.71. The first-order valence-electron chi connectivity index (χ1n) is 12.1. The third kappa shape index (κ3) is 4.66. The maximum atomic E-state index is 12.8. The third-order valence-electron chi connectivity index (χ3n) is 6.37. The number of thioether (sulfide) groups is 1. The lowest BCUT2D eigenvalue weighted by atomic mass is 10.1. The highest BCUT2D eigenvalue weighted by Crippen LogP contribution is 2.36. The number of nitrogens with one attached hydrogen (secondary N) is 1. The number of pyridine rings is 1. The molecule has 11 nitrogen and oxygen atoms in total. The molecule has 0 unspecified atom stereocenters. The van der Waals surface area contributed by atoms with Crippen LogP contribution in [-0.2, 0) is 19.6 Å². The van der Waals surface area contributed by atoms with Crippen LogP contribution in [0.2, 0.25) is 0 Å². The van der Waals surface area contributed by atoms with E-state index >= 15 is 0 Å². The van der Waals surface area contributed by atoms with E-state index in [1.54, 1.807) is 12.1 Å². The van der Waals surface area contributed by atoms with Gasteiger partial charge in [-0.05, 0) is 48.9 Å².